The van der Waals surface area contributed by atoms with Gasteiger partial charge in [-0.25, -0.2) is 4.79 Å². The van der Waals surface area contributed by atoms with Crippen molar-refractivity contribution >= 4 is 5.97 Å². The van der Waals surface area contributed by atoms with Crippen molar-refractivity contribution in [1.82, 2.24) is 4.57 Å². The maximum Gasteiger partial charge on any atom is 0.354 e. The van der Waals surface area contributed by atoms with Gasteiger partial charge >= 0.3 is 5.97 Å². The summed E-state index contributed by atoms with van der Waals surface area (Å²) in [6, 6.07) is 3.43. The lowest BCUT2D eigenvalue weighted by Gasteiger charge is -1.98. The quantitative estimate of drug-likeness (QED) is 0.573. The minimum absolute atomic E-state index is 0.383. The van der Waals surface area contributed by atoms with Crippen molar-refractivity contribution in [2.24, 2.45) is 7.05 Å². The molecular formula is C8H8N2O2. The molecule has 0 unspecified atom stereocenters. The number of esters is 1. The smallest absolute Gasteiger partial charge is 0.354 e. The fraction of sp³-hybridized carbons (Fsp3) is 0.250. The van der Waals surface area contributed by atoms with Crippen molar-refractivity contribution < 1.29 is 9.53 Å². The zero-order chi connectivity index (χ0) is 9.14. The van der Waals surface area contributed by atoms with Gasteiger partial charge in [0.15, 0.2) is 0 Å². The molecular weight excluding hydrogens is 156 g/mol. The van der Waals surface area contributed by atoms with Gasteiger partial charge in [0.1, 0.15) is 11.8 Å². The predicted octanol–water partition coefficient (Wildman–Crippen LogP) is 0.683. The Kier molecular flexibility index (Phi) is 2.15. The molecule has 62 valence electrons. The van der Waals surface area contributed by atoms with E-state index in [9.17, 15) is 4.79 Å². The first kappa shape index (κ1) is 8.34. The lowest BCUT2D eigenvalue weighted by Crippen LogP contribution is -2.06. The van der Waals surface area contributed by atoms with Crippen LogP contribution in [0.15, 0.2) is 12.3 Å². The van der Waals surface area contributed by atoms with Crippen LogP contribution in [0.1, 0.15) is 16.1 Å². The first-order valence-electron chi connectivity index (χ1n) is 3.34. The van der Waals surface area contributed by atoms with E-state index < -0.39 is 5.97 Å². The number of aromatic nitrogens is 1. The average molecular weight is 164 g/mol. The zero-order valence-electron chi connectivity index (χ0n) is 6.87. The summed E-state index contributed by atoms with van der Waals surface area (Å²) >= 11 is 0. The Balaban J connectivity index is 3.10. The molecule has 4 heteroatoms. The molecule has 0 aliphatic heterocycles. The molecule has 4 nitrogen and oxygen atoms in total. The molecule has 12 heavy (non-hydrogen) atoms. The molecule has 0 saturated carbocycles. The standard InChI is InChI=1S/C8H8N2O2/c1-10-5-6(4-9)3-7(10)8(11)12-2/h3,5H,1-2H3. The first-order valence-corrected chi connectivity index (χ1v) is 3.34. The normalized spacial score (nSPS) is 9.08. The molecule has 1 heterocycles. The van der Waals surface area contributed by atoms with Crippen LogP contribution >= 0.6 is 0 Å². The van der Waals surface area contributed by atoms with Gasteiger partial charge in [0, 0.05) is 13.2 Å². The fourth-order valence-corrected chi connectivity index (χ4v) is 0.933. The van der Waals surface area contributed by atoms with Crippen molar-refractivity contribution in [3.8, 4) is 6.07 Å². The molecule has 0 saturated heterocycles. The van der Waals surface area contributed by atoms with Crippen LogP contribution in [0.2, 0.25) is 0 Å². The number of ether oxygens (including phenoxy) is 1. The van der Waals surface area contributed by atoms with Crippen LogP contribution in [-0.2, 0) is 11.8 Å². The fourth-order valence-electron chi connectivity index (χ4n) is 0.933. The third-order valence-electron chi connectivity index (χ3n) is 1.53. The van der Waals surface area contributed by atoms with E-state index in [0.29, 0.717) is 11.3 Å². The van der Waals surface area contributed by atoms with Crippen LogP contribution in [0.5, 0.6) is 0 Å². The lowest BCUT2D eigenvalue weighted by atomic mass is 10.3. The van der Waals surface area contributed by atoms with E-state index in [-0.39, 0.29) is 0 Å². The van der Waals surface area contributed by atoms with Gasteiger partial charge in [0.25, 0.3) is 0 Å². The SMILES string of the molecule is COC(=O)c1cc(C#N)cn1C. The molecule has 0 radical (unpaired) electrons. The number of nitriles is 1. The van der Waals surface area contributed by atoms with Gasteiger partial charge in [-0.2, -0.15) is 5.26 Å². The summed E-state index contributed by atoms with van der Waals surface area (Å²) in [6.07, 6.45) is 1.58. The van der Waals surface area contributed by atoms with Crippen molar-refractivity contribution in [2.75, 3.05) is 7.11 Å². The van der Waals surface area contributed by atoms with Crippen LogP contribution < -0.4 is 0 Å². The summed E-state index contributed by atoms with van der Waals surface area (Å²) in [6.45, 7) is 0. The Labute approximate surface area is 70.0 Å². The third kappa shape index (κ3) is 1.30. The average Bonchev–Trinajstić information content (AvgIpc) is 2.45. The number of aryl methyl sites for hydroxylation is 1. The maximum absolute atomic E-state index is 11.0. The van der Waals surface area contributed by atoms with E-state index in [4.69, 9.17) is 5.26 Å². The highest BCUT2D eigenvalue weighted by Gasteiger charge is 2.10. The van der Waals surface area contributed by atoms with E-state index in [1.807, 2.05) is 6.07 Å². The molecule has 0 amide bonds. The van der Waals surface area contributed by atoms with Crippen LogP contribution in [0, 0.1) is 11.3 Å². The minimum Gasteiger partial charge on any atom is -0.464 e. The lowest BCUT2D eigenvalue weighted by molar-refractivity contribution is 0.0590. The summed E-state index contributed by atoms with van der Waals surface area (Å²) in [7, 11) is 2.99. The number of hydrogen-bond acceptors (Lipinski definition) is 3. The Morgan fingerprint density at radius 3 is 2.83 bits per heavy atom. The highest BCUT2D eigenvalue weighted by molar-refractivity contribution is 5.88. The molecule has 0 aliphatic carbocycles. The predicted molar refractivity (Wildman–Crippen MR) is 41.5 cm³/mol. The largest absolute Gasteiger partial charge is 0.464 e. The topological polar surface area (TPSA) is 55.0 Å². The van der Waals surface area contributed by atoms with Gasteiger partial charge in [-0.1, -0.05) is 0 Å². The number of hydrogen-bond donors (Lipinski definition) is 0. The highest BCUT2D eigenvalue weighted by Crippen LogP contribution is 2.06. The Bertz CT molecular complexity index is 346. The molecule has 1 aromatic rings. The summed E-state index contributed by atoms with van der Waals surface area (Å²) < 4.78 is 6.07. The van der Waals surface area contributed by atoms with Crippen molar-refractivity contribution in [2.45, 2.75) is 0 Å². The van der Waals surface area contributed by atoms with E-state index in [2.05, 4.69) is 4.74 Å². The zero-order valence-corrected chi connectivity index (χ0v) is 6.87. The number of methoxy groups -OCH3 is 1. The Morgan fingerprint density at radius 1 is 1.75 bits per heavy atom. The molecule has 0 spiro atoms. The van der Waals surface area contributed by atoms with Crippen LogP contribution in [0.25, 0.3) is 0 Å². The van der Waals surface area contributed by atoms with Gasteiger partial charge in [-0.05, 0) is 6.07 Å². The van der Waals surface area contributed by atoms with E-state index in [0.717, 1.165) is 0 Å². The summed E-state index contributed by atoms with van der Waals surface area (Å²) in [4.78, 5) is 11.0. The van der Waals surface area contributed by atoms with Gasteiger partial charge in [0.05, 0.1) is 12.7 Å². The third-order valence-corrected chi connectivity index (χ3v) is 1.53. The number of rotatable bonds is 1. The summed E-state index contributed by atoms with van der Waals surface area (Å²) in [5.74, 6) is -0.431. The van der Waals surface area contributed by atoms with Crippen molar-refractivity contribution in [3.05, 3.63) is 23.5 Å². The summed E-state index contributed by atoms with van der Waals surface area (Å²) in [5, 5.41) is 8.51. The van der Waals surface area contributed by atoms with Crippen LogP contribution in [0.4, 0.5) is 0 Å². The van der Waals surface area contributed by atoms with Crippen LogP contribution in [-0.4, -0.2) is 17.6 Å². The van der Waals surface area contributed by atoms with E-state index in [1.165, 1.54) is 13.2 Å². The molecule has 1 aromatic heterocycles. The molecule has 1 rings (SSSR count). The second kappa shape index (κ2) is 3.09. The molecule has 0 atom stereocenters. The van der Waals surface area contributed by atoms with E-state index >= 15 is 0 Å². The van der Waals surface area contributed by atoms with E-state index in [1.54, 1.807) is 17.8 Å². The molecule has 0 aromatic carbocycles. The second-order valence-corrected chi connectivity index (χ2v) is 2.33. The molecule has 0 fully saturated rings. The molecule has 0 N–H and O–H groups in total. The molecule has 0 aliphatic rings. The second-order valence-electron chi connectivity index (χ2n) is 2.33. The van der Waals surface area contributed by atoms with Crippen molar-refractivity contribution in [3.63, 3.8) is 0 Å². The summed E-state index contributed by atoms with van der Waals surface area (Å²) in [5.41, 5.74) is 0.840. The van der Waals surface area contributed by atoms with Crippen LogP contribution in [0.3, 0.4) is 0 Å². The van der Waals surface area contributed by atoms with Gasteiger partial charge in [-0.3, -0.25) is 0 Å². The number of nitrogens with zero attached hydrogens (tertiary/aromatic N) is 2. The Hall–Kier alpha value is -1.76. The monoisotopic (exact) mass is 164 g/mol. The first-order chi connectivity index (χ1) is 5.69. The maximum atomic E-state index is 11.0. The van der Waals surface area contributed by atoms with Gasteiger partial charge in [0.2, 0.25) is 0 Å². The van der Waals surface area contributed by atoms with Gasteiger partial charge in [-0.15, -0.1) is 0 Å². The number of carbonyl (C=O) groups is 1. The molecule has 0 bridgehead atoms. The minimum atomic E-state index is -0.431. The van der Waals surface area contributed by atoms with Crippen molar-refractivity contribution in [1.29, 1.82) is 5.26 Å². The highest BCUT2D eigenvalue weighted by atomic mass is 16.5. The number of carbonyl (C=O) groups excluding carboxylic acids is 1. The Morgan fingerprint density at radius 2 is 2.42 bits per heavy atom. The van der Waals surface area contributed by atoms with Gasteiger partial charge < -0.3 is 9.30 Å².